The molecule has 9 heteroatoms. The number of nitrogens with one attached hydrogen (secondary N) is 1. The minimum atomic E-state index is -4.30. The summed E-state index contributed by atoms with van der Waals surface area (Å²) < 4.78 is 23.5. The summed E-state index contributed by atoms with van der Waals surface area (Å²) >= 11 is 0. The Labute approximate surface area is 323 Å². The average Bonchev–Trinajstić information content (AvgIpc) is 3.09. The number of likely N-dealkylation sites (N-methyl/N-ethyl adjacent to an activating group) is 1. The molecule has 0 aromatic heterocycles. The van der Waals surface area contributed by atoms with Gasteiger partial charge in [0, 0.05) is 6.42 Å². The molecule has 3 atom stereocenters. The molecule has 0 rings (SSSR count). The first-order chi connectivity index (χ1) is 25.0. The van der Waals surface area contributed by atoms with E-state index in [1.54, 1.807) is 0 Å². The van der Waals surface area contributed by atoms with Gasteiger partial charge in [0.25, 0.3) is 0 Å². The number of hydrogen-bond donors (Lipinski definition) is 3. The number of aliphatic hydroxyl groups is 1. The summed E-state index contributed by atoms with van der Waals surface area (Å²) in [6.07, 6.45) is 38.8. The largest absolute Gasteiger partial charge is 0.472 e. The zero-order valence-electron chi connectivity index (χ0n) is 35.3. The zero-order valence-corrected chi connectivity index (χ0v) is 36.2. The Balaban J connectivity index is 4.03. The highest BCUT2D eigenvalue weighted by Gasteiger charge is 2.28. The molecule has 0 aliphatic rings. The Morgan fingerprint density at radius 2 is 0.923 bits per heavy atom. The molecule has 0 aromatic rings. The van der Waals surface area contributed by atoms with E-state index in [0.29, 0.717) is 23.9 Å². The van der Waals surface area contributed by atoms with Crippen LogP contribution in [0.1, 0.15) is 219 Å². The molecule has 0 aliphatic carbocycles. The molecule has 8 nitrogen and oxygen atoms in total. The van der Waals surface area contributed by atoms with Gasteiger partial charge in [0.1, 0.15) is 13.2 Å². The van der Waals surface area contributed by atoms with Crippen molar-refractivity contribution in [2.24, 2.45) is 0 Å². The number of carbonyl (C=O) groups is 1. The number of phosphoric acid groups is 1. The van der Waals surface area contributed by atoms with Crippen molar-refractivity contribution in [3.8, 4) is 0 Å². The van der Waals surface area contributed by atoms with Gasteiger partial charge in [-0.3, -0.25) is 13.8 Å². The molecule has 3 unspecified atom stereocenters. The first-order valence-electron chi connectivity index (χ1n) is 22.4. The topological polar surface area (TPSA) is 105 Å². The lowest BCUT2D eigenvalue weighted by Gasteiger charge is -2.26. The Kier molecular flexibility index (Phi) is 35.8. The third-order valence-electron chi connectivity index (χ3n) is 10.4. The lowest BCUT2D eigenvalue weighted by Crippen LogP contribution is -2.46. The number of unbranched alkanes of at least 4 members (excludes halogenated alkanes) is 28. The maximum atomic E-state index is 12.7. The Hall–Kier alpha value is -0.500. The highest BCUT2D eigenvalue weighted by Crippen LogP contribution is 2.43. The fourth-order valence-electron chi connectivity index (χ4n) is 6.75. The summed E-state index contributed by atoms with van der Waals surface area (Å²) in [6.45, 7) is 4.84. The van der Waals surface area contributed by atoms with Crippen molar-refractivity contribution in [2.75, 3.05) is 40.9 Å². The molecular formula is C43H90N2O6P+. The van der Waals surface area contributed by atoms with E-state index in [4.69, 9.17) is 9.05 Å². The molecule has 0 saturated carbocycles. The maximum absolute atomic E-state index is 12.7. The summed E-state index contributed by atoms with van der Waals surface area (Å²) in [5, 5.41) is 13.9. The van der Waals surface area contributed by atoms with Gasteiger partial charge >= 0.3 is 7.82 Å². The molecule has 0 spiro atoms. The van der Waals surface area contributed by atoms with E-state index in [1.807, 2.05) is 21.1 Å². The van der Waals surface area contributed by atoms with Gasteiger partial charge in [-0.2, -0.15) is 0 Å². The van der Waals surface area contributed by atoms with Gasteiger partial charge in [-0.25, -0.2) is 4.57 Å². The van der Waals surface area contributed by atoms with Crippen molar-refractivity contribution in [3.05, 3.63) is 0 Å². The van der Waals surface area contributed by atoms with Crippen LogP contribution in [0.3, 0.4) is 0 Å². The normalized spacial score (nSPS) is 14.4. The number of amides is 1. The van der Waals surface area contributed by atoms with E-state index < -0.39 is 20.0 Å². The number of carbonyl (C=O) groups excluding carboxylic acids is 1. The number of nitrogens with zero attached hydrogens (tertiary/aromatic N) is 1. The Bertz CT molecular complexity index is 824. The van der Waals surface area contributed by atoms with Gasteiger partial charge in [-0.1, -0.05) is 200 Å². The van der Waals surface area contributed by atoms with Crippen molar-refractivity contribution in [1.29, 1.82) is 0 Å². The molecule has 0 fully saturated rings. The van der Waals surface area contributed by atoms with Crippen LogP contribution in [0.2, 0.25) is 0 Å². The lowest BCUT2D eigenvalue weighted by molar-refractivity contribution is -0.870. The first-order valence-corrected chi connectivity index (χ1v) is 23.9. The molecule has 0 radical (unpaired) electrons. The maximum Gasteiger partial charge on any atom is 0.472 e. The predicted molar refractivity (Wildman–Crippen MR) is 222 cm³/mol. The smallest absolute Gasteiger partial charge is 0.391 e. The van der Waals surface area contributed by atoms with Crippen LogP contribution in [-0.4, -0.2) is 73.4 Å². The number of quaternary nitrogens is 1. The van der Waals surface area contributed by atoms with Crippen LogP contribution in [0.5, 0.6) is 0 Å². The number of hydrogen-bond acceptors (Lipinski definition) is 5. The van der Waals surface area contributed by atoms with Gasteiger partial charge in [0.15, 0.2) is 0 Å². The highest BCUT2D eigenvalue weighted by atomic mass is 31.2. The van der Waals surface area contributed by atoms with Crippen molar-refractivity contribution in [3.63, 3.8) is 0 Å². The van der Waals surface area contributed by atoms with Crippen LogP contribution in [-0.2, 0) is 18.4 Å². The first kappa shape index (κ1) is 51.5. The molecule has 3 N–H and O–H groups in total. The fourth-order valence-corrected chi connectivity index (χ4v) is 7.49. The van der Waals surface area contributed by atoms with Gasteiger partial charge in [-0.05, 0) is 12.8 Å². The second-order valence-corrected chi connectivity index (χ2v) is 18.2. The molecule has 0 aromatic carbocycles. The Morgan fingerprint density at radius 3 is 1.29 bits per heavy atom. The zero-order chi connectivity index (χ0) is 38.6. The van der Waals surface area contributed by atoms with Crippen molar-refractivity contribution >= 4 is 13.7 Å². The van der Waals surface area contributed by atoms with E-state index in [1.165, 1.54) is 154 Å². The number of rotatable bonds is 41. The predicted octanol–water partition coefficient (Wildman–Crippen LogP) is 12.2. The minimum absolute atomic E-state index is 0.0778. The van der Waals surface area contributed by atoms with Gasteiger partial charge in [0.2, 0.25) is 5.91 Å². The molecule has 0 heterocycles. The van der Waals surface area contributed by atoms with Crippen LogP contribution in [0, 0.1) is 0 Å². The standard InChI is InChI=1S/C43H89N2O6P/c1-6-8-10-12-14-15-16-17-18-19-20-21-22-23-24-25-26-27-28-29-30-31-32-34-36-42(46)41(44-43(47)37-35-33-13-11-9-7-2)40-51-52(48,49)50-39-38-45(3,4)5/h41-42,46H,6-40H2,1-5H3,(H-,44,47,48,49)/p+1. The molecule has 312 valence electrons. The fraction of sp³-hybridized carbons (Fsp3) is 0.977. The highest BCUT2D eigenvalue weighted by molar-refractivity contribution is 7.47. The third-order valence-corrected chi connectivity index (χ3v) is 11.3. The molecule has 0 saturated heterocycles. The van der Waals surface area contributed by atoms with Crippen LogP contribution in [0.4, 0.5) is 0 Å². The SMILES string of the molecule is CCCCCCCCCCCCCCCCCCCCCCCCCCC(O)C(COP(=O)(O)OCC[N+](C)(C)C)NC(=O)CCCCCCCC. The van der Waals surface area contributed by atoms with Gasteiger partial charge in [0.05, 0.1) is 39.9 Å². The van der Waals surface area contributed by atoms with Crippen molar-refractivity contribution in [2.45, 2.75) is 231 Å². The van der Waals surface area contributed by atoms with Gasteiger partial charge < -0.3 is 19.8 Å². The molecule has 52 heavy (non-hydrogen) atoms. The van der Waals surface area contributed by atoms with E-state index in [0.717, 1.165) is 38.5 Å². The van der Waals surface area contributed by atoms with Crippen molar-refractivity contribution in [1.82, 2.24) is 5.32 Å². The summed E-state index contributed by atoms with van der Waals surface area (Å²) in [7, 11) is 1.62. The van der Waals surface area contributed by atoms with E-state index in [9.17, 15) is 19.4 Å². The lowest BCUT2D eigenvalue weighted by atomic mass is 10.0. The second kappa shape index (κ2) is 36.2. The summed E-state index contributed by atoms with van der Waals surface area (Å²) in [4.78, 5) is 22.9. The minimum Gasteiger partial charge on any atom is -0.391 e. The molecule has 0 bridgehead atoms. The molecule has 0 aliphatic heterocycles. The third kappa shape index (κ3) is 37.8. The van der Waals surface area contributed by atoms with Crippen LogP contribution < -0.4 is 5.32 Å². The number of phosphoric ester groups is 1. The van der Waals surface area contributed by atoms with E-state index in [-0.39, 0.29) is 19.1 Å². The van der Waals surface area contributed by atoms with E-state index >= 15 is 0 Å². The van der Waals surface area contributed by atoms with Crippen LogP contribution >= 0.6 is 7.82 Å². The van der Waals surface area contributed by atoms with E-state index in [2.05, 4.69) is 19.2 Å². The summed E-state index contributed by atoms with van der Waals surface area (Å²) in [6, 6.07) is -0.750. The average molecular weight is 762 g/mol. The Morgan fingerprint density at radius 1 is 0.577 bits per heavy atom. The van der Waals surface area contributed by atoms with Crippen LogP contribution in [0.15, 0.2) is 0 Å². The summed E-state index contributed by atoms with van der Waals surface area (Å²) in [5.74, 6) is -0.151. The van der Waals surface area contributed by atoms with Gasteiger partial charge in [-0.15, -0.1) is 0 Å². The van der Waals surface area contributed by atoms with Crippen LogP contribution in [0.25, 0.3) is 0 Å². The molecule has 1 amide bonds. The quantitative estimate of drug-likeness (QED) is 0.0325. The molecular weight excluding hydrogens is 671 g/mol. The summed E-state index contributed by atoms with van der Waals surface area (Å²) in [5.41, 5.74) is 0. The van der Waals surface area contributed by atoms with Crippen molar-refractivity contribution < 1.29 is 32.9 Å². The second-order valence-electron chi connectivity index (χ2n) is 16.8. The number of aliphatic hydroxyl groups excluding tert-OH is 1. The monoisotopic (exact) mass is 762 g/mol.